The van der Waals surface area contributed by atoms with Crippen LogP contribution in [0, 0.1) is 5.82 Å². The quantitative estimate of drug-likeness (QED) is 0.468. The van der Waals surface area contributed by atoms with Crippen molar-refractivity contribution < 1.29 is 28.0 Å². The fraction of sp³-hybridized carbons (Fsp3) is 0.261. The summed E-state index contributed by atoms with van der Waals surface area (Å²) in [5, 5.41) is 4.53. The third-order valence-corrected chi connectivity index (χ3v) is 5.85. The largest absolute Gasteiger partial charge is 0.418 e. The summed E-state index contributed by atoms with van der Waals surface area (Å²) in [6.07, 6.45) is 2.63. The molecular weight excluding hydrogens is 403 g/mol. The first-order chi connectivity index (χ1) is 15.0. The van der Waals surface area contributed by atoms with Crippen LogP contribution < -0.4 is 9.47 Å². The third kappa shape index (κ3) is 3.48. The molecule has 0 aliphatic carbocycles. The van der Waals surface area contributed by atoms with Crippen LogP contribution in [-0.4, -0.2) is 35.1 Å². The Morgan fingerprint density at radius 2 is 1.81 bits per heavy atom. The number of halogens is 1. The molecule has 0 saturated carbocycles. The lowest BCUT2D eigenvalue weighted by atomic mass is 10.00. The van der Waals surface area contributed by atoms with Gasteiger partial charge in [0, 0.05) is 36.7 Å². The Bertz CT molecular complexity index is 1200. The summed E-state index contributed by atoms with van der Waals surface area (Å²) in [7, 11) is 0. The minimum Gasteiger partial charge on any atom is -0.418 e. The molecular formula is C23H19FN2O5. The highest BCUT2D eigenvalue weighted by molar-refractivity contribution is 5.99. The highest BCUT2D eigenvalue weighted by Crippen LogP contribution is 2.44. The molecule has 2 aliphatic rings. The molecule has 2 aromatic carbocycles. The van der Waals surface area contributed by atoms with Crippen molar-refractivity contribution in [3.05, 3.63) is 65.6 Å². The van der Waals surface area contributed by atoms with Crippen molar-refractivity contribution in [1.82, 2.24) is 10.1 Å². The number of hydrogen-bond donors (Lipinski definition) is 0. The maximum absolute atomic E-state index is 14.6. The number of rotatable bonds is 3. The van der Waals surface area contributed by atoms with Gasteiger partial charge in [-0.2, -0.15) is 0 Å². The lowest BCUT2D eigenvalue weighted by Gasteiger charge is -2.24. The van der Waals surface area contributed by atoms with E-state index in [4.69, 9.17) is 14.0 Å². The molecule has 158 valence electrons. The Morgan fingerprint density at radius 3 is 2.55 bits per heavy atom. The molecule has 0 bridgehead atoms. The van der Waals surface area contributed by atoms with Gasteiger partial charge in [0.2, 0.25) is 5.75 Å². The smallest absolute Gasteiger partial charge is 0.336 e. The fourth-order valence-electron chi connectivity index (χ4n) is 4.23. The molecule has 0 radical (unpaired) electrons. The van der Waals surface area contributed by atoms with E-state index in [9.17, 15) is 14.0 Å². The van der Waals surface area contributed by atoms with Crippen LogP contribution in [0.5, 0.6) is 11.5 Å². The molecule has 0 amide bonds. The van der Waals surface area contributed by atoms with Crippen LogP contribution >= 0.6 is 0 Å². The van der Waals surface area contributed by atoms with Crippen molar-refractivity contribution in [1.29, 1.82) is 0 Å². The van der Waals surface area contributed by atoms with Crippen LogP contribution in [0.3, 0.4) is 0 Å². The average molecular weight is 422 g/mol. The summed E-state index contributed by atoms with van der Waals surface area (Å²) in [6.45, 7) is 3.70. The zero-order chi connectivity index (χ0) is 21.5. The topological polar surface area (TPSA) is 81.9 Å². The third-order valence-electron chi connectivity index (χ3n) is 5.85. The Balaban J connectivity index is 1.52. The predicted molar refractivity (Wildman–Crippen MR) is 108 cm³/mol. The molecule has 3 aromatic rings. The van der Waals surface area contributed by atoms with E-state index in [-0.39, 0.29) is 23.3 Å². The summed E-state index contributed by atoms with van der Waals surface area (Å²) < 4.78 is 30.3. The molecule has 1 fully saturated rings. The second-order valence-corrected chi connectivity index (χ2v) is 7.70. The number of hydrogen-bond acceptors (Lipinski definition) is 7. The van der Waals surface area contributed by atoms with Crippen LogP contribution in [0.4, 0.5) is 4.39 Å². The second kappa shape index (κ2) is 7.63. The van der Waals surface area contributed by atoms with Crippen molar-refractivity contribution in [3.63, 3.8) is 0 Å². The van der Waals surface area contributed by atoms with E-state index in [1.807, 2.05) is 18.2 Å². The molecule has 7 nitrogen and oxygen atoms in total. The molecule has 0 spiro atoms. The second-order valence-electron chi connectivity index (χ2n) is 7.70. The van der Waals surface area contributed by atoms with Crippen LogP contribution in [0.1, 0.15) is 36.6 Å². The molecule has 3 heterocycles. The number of ether oxygens (including phenoxy) is 2. The minimum atomic E-state index is -0.868. The standard InChI is InChI=1S/C23H19FN2O5/c1-13(14-5-3-2-4-6-14)26-10-9-15(12-26)21-20-17(31-25-21)11-16(24)22-23(20)30-19(28)8-7-18(27)29-22/h2-8,11,13,15H,9-10,12H2,1H3/b8-7+. The van der Waals surface area contributed by atoms with Gasteiger partial charge in [0.15, 0.2) is 17.1 Å². The van der Waals surface area contributed by atoms with Crippen molar-refractivity contribution in [2.24, 2.45) is 0 Å². The SMILES string of the molecule is CC(c1ccccc1)N1CCC(c2noc3cc(F)c4c(c23)OC(=O)/C=C/C(=O)O4)C1. The molecule has 2 aliphatic heterocycles. The van der Waals surface area contributed by atoms with Gasteiger partial charge in [-0.1, -0.05) is 35.5 Å². The van der Waals surface area contributed by atoms with Gasteiger partial charge in [-0.25, -0.2) is 14.0 Å². The number of benzene rings is 2. The molecule has 2 atom stereocenters. The van der Waals surface area contributed by atoms with E-state index in [2.05, 4.69) is 29.1 Å². The van der Waals surface area contributed by atoms with E-state index < -0.39 is 23.5 Å². The fourth-order valence-corrected chi connectivity index (χ4v) is 4.23. The van der Waals surface area contributed by atoms with Gasteiger partial charge in [0.1, 0.15) is 0 Å². The van der Waals surface area contributed by atoms with Crippen LogP contribution in [-0.2, 0) is 9.59 Å². The summed E-state index contributed by atoms with van der Waals surface area (Å²) in [5.74, 6) is -3.17. The number of carbonyl (C=O) groups excluding carboxylic acids is 2. The highest BCUT2D eigenvalue weighted by Gasteiger charge is 2.34. The number of esters is 2. The van der Waals surface area contributed by atoms with Gasteiger partial charge in [0.25, 0.3) is 0 Å². The summed E-state index contributed by atoms with van der Waals surface area (Å²) in [4.78, 5) is 26.2. The Kier molecular flexibility index (Phi) is 4.78. The lowest BCUT2D eigenvalue weighted by molar-refractivity contribution is -0.133. The van der Waals surface area contributed by atoms with Gasteiger partial charge in [-0.3, -0.25) is 4.90 Å². The van der Waals surface area contributed by atoms with E-state index in [0.717, 1.165) is 31.2 Å². The molecule has 2 unspecified atom stereocenters. The summed E-state index contributed by atoms with van der Waals surface area (Å²) >= 11 is 0. The summed E-state index contributed by atoms with van der Waals surface area (Å²) in [6, 6.07) is 11.5. The van der Waals surface area contributed by atoms with Gasteiger partial charge < -0.3 is 14.0 Å². The van der Waals surface area contributed by atoms with E-state index in [1.165, 1.54) is 5.56 Å². The minimum absolute atomic E-state index is 0.0163. The zero-order valence-electron chi connectivity index (χ0n) is 16.7. The van der Waals surface area contributed by atoms with E-state index in [1.54, 1.807) is 0 Å². The number of fused-ring (bicyclic) bond motifs is 3. The molecule has 8 heteroatoms. The first-order valence-electron chi connectivity index (χ1n) is 10.0. The lowest BCUT2D eigenvalue weighted by Crippen LogP contribution is -2.24. The van der Waals surface area contributed by atoms with Crippen LogP contribution in [0.2, 0.25) is 0 Å². The van der Waals surface area contributed by atoms with Gasteiger partial charge in [0.05, 0.1) is 11.1 Å². The monoisotopic (exact) mass is 422 g/mol. The van der Waals surface area contributed by atoms with Gasteiger partial charge >= 0.3 is 11.9 Å². The molecule has 0 N–H and O–H groups in total. The maximum atomic E-state index is 14.6. The maximum Gasteiger partial charge on any atom is 0.336 e. The molecule has 31 heavy (non-hydrogen) atoms. The number of carbonyl (C=O) groups is 2. The normalized spacial score (nSPS) is 21.2. The number of nitrogens with zero attached hydrogens (tertiary/aromatic N) is 2. The van der Waals surface area contributed by atoms with Crippen LogP contribution in [0.15, 0.2) is 53.1 Å². The van der Waals surface area contributed by atoms with Crippen molar-refractivity contribution in [3.8, 4) is 11.5 Å². The first-order valence-corrected chi connectivity index (χ1v) is 10.0. The zero-order valence-corrected chi connectivity index (χ0v) is 16.7. The van der Waals surface area contributed by atoms with Crippen molar-refractivity contribution in [2.45, 2.75) is 25.3 Å². The first kappa shape index (κ1) is 19.4. The number of likely N-dealkylation sites (tertiary alicyclic amines) is 1. The Morgan fingerprint density at radius 1 is 1.10 bits per heavy atom. The van der Waals surface area contributed by atoms with Gasteiger partial charge in [-0.15, -0.1) is 0 Å². The van der Waals surface area contributed by atoms with E-state index in [0.29, 0.717) is 17.6 Å². The summed E-state index contributed by atoms with van der Waals surface area (Å²) in [5.41, 5.74) is 1.91. The number of aromatic nitrogens is 1. The van der Waals surface area contributed by atoms with Crippen molar-refractivity contribution >= 4 is 22.9 Å². The molecule has 1 saturated heterocycles. The molecule has 5 rings (SSSR count). The van der Waals surface area contributed by atoms with E-state index >= 15 is 0 Å². The average Bonchev–Trinajstić information content (AvgIpc) is 3.40. The van der Waals surface area contributed by atoms with Gasteiger partial charge in [-0.05, 0) is 25.5 Å². The Hall–Kier alpha value is -3.52. The predicted octanol–water partition coefficient (Wildman–Crippen LogP) is 3.90. The molecule has 1 aromatic heterocycles. The van der Waals surface area contributed by atoms with Crippen LogP contribution in [0.25, 0.3) is 11.0 Å². The highest BCUT2D eigenvalue weighted by atomic mass is 19.1. The van der Waals surface area contributed by atoms with Crippen molar-refractivity contribution in [2.75, 3.05) is 13.1 Å². The Labute approximate surface area is 177 Å².